The lowest BCUT2D eigenvalue weighted by molar-refractivity contribution is -0.140. The van der Waals surface area contributed by atoms with Crippen molar-refractivity contribution in [3.8, 4) is 0 Å². The summed E-state index contributed by atoms with van der Waals surface area (Å²) in [6.07, 6.45) is 1.16. The smallest absolute Gasteiger partial charge is 0.305 e. The predicted molar refractivity (Wildman–Crippen MR) is 68.9 cm³/mol. The molecule has 0 aliphatic rings. The number of carbonyl (C=O) groups excluding carboxylic acids is 1. The van der Waals surface area contributed by atoms with Crippen LogP contribution in [0.2, 0.25) is 5.02 Å². The number of benzene rings is 1. The average molecular weight is 307 g/mol. The van der Waals surface area contributed by atoms with Crippen molar-refractivity contribution in [2.45, 2.75) is 12.8 Å². The molecule has 3 nitrogen and oxygen atoms in total. The van der Waals surface area contributed by atoms with E-state index in [0.717, 1.165) is 16.6 Å². The van der Waals surface area contributed by atoms with Gasteiger partial charge in [0.05, 0.1) is 12.1 Å². The fourth-order valence-electron chi connectivity index (χ4n) is 1.17. The Balaban J connectivity index is 2.32. The molecule has 0 saturated carbocycles. The molecule has 0 aromatic heterocycles. The maximum atomic E-state index is 10.8. The number of hydrogen-bond acceptors (Lipinski definition) is 3. The van der Waals surface area contributed by atoms with Crippen LogP contribution in [0.3, 0.4) is 0 Å². The van der Waals surface area contributed by atoms with E-state index in [0.29, 0.717) is 18.0 Å². The monoisotopic (exact) mass is 305 g/mol. The van der Waals surface area contributed by atoms with Crippen LogP contribution < -0.4 is 5.32 Å². The van der Waals surface area contributed by atoms with E-state index in [1.165, 1.54) is 7.11 Å². The molecule has 5 heteroatoms. The lowest BCUT2D eigenvalue weighted by Gasteiger charge is -2.06. The molecule has 1 N–H and O–H groups in total. The summed E-state index contributed by atoms with van der Waals surface area (Å²) in [7, 11) is 1.39. The molecule has 0 amide bonds. The second kappa shape index (κ2) is 6.76. The normalized spacial score (nSPS) is 9.94. The molecule has 0 spiro atoms. The van der Waals surface area contributed by atoms with Crippen molar-refractivity contribution < 1.29 is 9.53 Å². The number of anilines is 1. The minimum atomic E-state index is -0.185. The van der Waals surface area contributed by atoms with Crippen LogP contribution >= 0.6 is 27.5 Å². The van der Waals surface area contributed by atoms with E-state index in [2.05, 4.69) is 26.0 Å². The van der Waals surface area contributed by atoms with E-state index in [1.807, 2.05) is 18.2 Å². The number of ether oxygens (including phenoxy) is 1. The zero-order chi connectivity index (χ0) is 12.0. The number of halogens is 2. The van der Waals surface area contributed by atoms with Gasteiger partial charge in [-0.3, -0.25) is 4.79 Å². The van der Waals surface area contributed by atoms with Crippen LogP contribution in [0.25, 0.3) is 0 Å². The molecule has 0 heterocycles. The van der Waals surface area contributed by atoms with Gasteiger partial charge in [0.2, 0.25) is 0 Å². The van der Waals surface area contributed by atoms with Crippen molar-refractivity contribution in [3.05, 3.63) is 27.7 Å². The number of rotatable bonds is 5. The molecule has 16 heavy (non-hydrogen) atoms. The van der Waals surface area contributed by atoms with Gasteiger partial charge in [0, 0.05) is 23.1 Å². The molecule has 1 rings (SSSR count). The second-order valence-electron chi connectivity index (χ2n) is 3.24. The Morgan fingerprint density at radius 2 is 2.31 bits per heavy atom. The summed E-state index contributed by atoms with van der Waals surface area (Å²) in [6.45, 7) is 0.715. The summed E-state index contributed by atoms with van der Waals surface area (Å²) in [5.74, 6) is -0.185. The van der Waals surface area contributed by atoms with Gasteiger partial charge < -0.3 is 10.1 Å². The van der Waals surface area contributed by atoms with Gasteiger partial charge in [0.15, 0.2) is 0 Å². The first-order chi connectivity index (χ1) is 7.63. The van der Waals surface area contributed by atoms with Crippen molar-refractivity contribution in [1.82, 2.24) is 0 Å². The number of esters is 1. The van der Waals surface area contributed by atoms with Crippen LogP contribution in [-0.4, -0.2) is 19.6 Å². The van der Waals surface area contributed by atoms with E-state index in [1.54, 1.807) is 0 Å². The summed E-state index contributed by atoms with van der Waals surface area (Å²) in [4.78, 5) is 10.8. The first kappa shape index (κ1) is 13.3. The third kappa shape index (κ3) is 4.41. The van der Waals surface area contributed by atoms with Crippen LogP contribution in [0.5, 0.6) is 0 Å². The highest BCUT2D eigenvalue weighted by Crippen LogP contribution is 2.25. The van der Waals surface area contributed by atoms with Gasteiger partial charge in [-0.05, 0) is 40.5 Å². The quantitative estimate of drug-likeness (QED) is 0.669. The van der Waals surface area contributed by atoms with E-state index in [9.17, 15) is 4.79 Å². The first-order valence-electron chi connectivity index (χ1n) is 4.89. The Hall–Kier alpha value is -0.740. The maximum Gasteiger partial charge on any atom is 0.305 e. The minimum Gasteiger partial charge on any atom is -0.469 e. The first-order valence-corrected chi connectivity index (χ1v) is 6.06. The molecule has 1 aromatic carbocycles. The zero-order valence-electron chi connectivity index (χ0n) is 8.93. The Morgan fingerprint density at radius 3 is 2.94 bits per heavy atom. The SMILES string of the molecule is COC(=O)CCCNc1ccc(Br)c(Cl)c1. The molecule has 0 atom stereocenters. The third-order valence-corrected chi connectivity index (χ3v) is 3.27. The Labute approximate surface area is 108 Å². The van der Waals surface area contributed by atoms with E-state index in [4.69, 9.17) is 11.6 Å². The van der Waals surface area contributed by atoms with Gasteiger partial charge in [0.25, 0.3) is 0 Å². The van der Waals surface area contributed by atoms with Crippen molar-refractivity contribution in [2.75, 3.05) is 19.0 Å². The van der Waals surface area contributed by atoms with Crippen molar-refractivity contribution in [2.24, 2.45) is 0 Å². The molecule has 1 aromatic rings. The highest BCUT2D eigenvalue weighted by molar-refractivity contribution is 9.10. The van der Waals surface area contributed by atoms with Crippen molar-refractivity contribution in [3.63, 3.8) is 0 Å². The van der Waals surface area contributed by atoms with E-state index >= 15 is 0 Å². The van der Waals surface area contributed by atoms with Gasteiger partial charge in [-0.15, -0.1) is 0 Å². The van der Waals surface area contributed by atoms with Crippen LogP contribution in [0, 0.1) is 0 Å². The Kier molecular flexibility index (Phi) is 5.63. The fourth-order valence-corrected chi connectivity index (χ4v) is 1.60. The minimum absolute atomic E-state index is 0.185. The predicted octanol–water partition coefficient (Wildman–Crippen LogP) is 3.47. The van der Waals surface area contributed by atoms with Crippen molar-refractivity contribution in [1.29, 1.82) is 0 Å². The van der Waals surface area contributed by atoms with Gasteiger partial charge in [-0.1, -0.05) is 11.6 Å². The number of hydrogen-bond donors (Lipinski definition) is 1. The molecular weight excluding hydrogens is 293 g/mol. The van der Waals surface area contributed by atoms with Crippen LogP contribution in [-0.2, 0) is 9.53 Å². The standard InChI is InChI=1S/C11H13BrClNO2/c1-16-11(15)3-2-6-14-8-4-5-9(12)10(13)7-8/h4-5,7,14H,2-3,6H2,1H3. The average Bonchev–Trinajstić information content (AvgIpc) is 2.28. The Bertz CT molecular complexity index is 371. The van der Waals surface area contributed by atoms with Gasteiger partial charge in [0.1, 0.15) is 0 Å². The summed E-state index contributed by atoms with van der Waals surface area (Å²) < 4.78 is 5.41. The molecule has 0 fully saturated rings. The largest absolute Gasteiger partial charge is 0.469 e. The van der Waals surface area contributed by atoms with Gasteiger partial charge >= 0.3 is 5.97 Å². The third-order valence-electron chi connectivity index (χ3n) is 2.03. The summed E-state index contributed by atoms with van der Waals surface area (Å²) in [5, 5.41) is 3.84. The maximum absolute atomic E-state index is 10.8. The molecule has 0 radical (unpaired) electrons. The van der Waals surface area contributed by atoms with Crippen LogP contribution in [0.15, 0.2) is 22.7 Å². The molecule has 0 aliphatic heterocycles. The molecule has 0 saturated heterocycles. The lowest BCUT2D eigenvalue weighted by atomic mass is 10.3. The molecule has 0 aliphatic carbocycles. The Morgan fingerprint density at radius 1 is 1.56 bits per heavy atom. The fraction of sp³-hybridized carbons (Fsp3) is 0.364. The summed E-state index contributed by atoms with van der Waals surface area (Å²) in [6, 6.07) is 5.64. The van der Waals surface area contributed by atoms with E-state index < -0.39 is 0 Å². The number of carbonyl (C=O) groups is 1. The zero-order valence-corrected chi connectivity index (χ0v) is 11.3. The molecule has 0 unspecified atom stereocenters. The highest BCUT2D eigenvalue weighted by Gasteiger charge is 2.00. The highest BCUT2D eigenvalue weighted by atomic mass is 79.9. The summed E-state index contributed by atoms with van der Waals surface area (Å²) >= 11 is 9.26. The molecular formula is C11H13BrClNO2. The van der Waals surface area contributed by atoms with Crippen LogP contribution in [0.4, 0.5) is 5.69 Å². The van der Waals surface area contributed by atoms with Gasteiger partial charge in [-0.25, -0.2) is 0 Å². The lowest BCUT2D eigenvalue weighted by Crippen LogP contribution is -2.06. The topological polar surface area (TPSA) is 38.3 Å². The number of nitrogens with one attached hydrogen (secondary N) is 1. The molecule has 88 valence electrons. The molecule has 0 bridgehead atoms. The van der Waals surface area contributed by atoms with Gasteiger partial charge in [-0.2, -0.15) is 0 Å². The second-order valence-corrected chi connectivity index (χ2v) is 4.50. The van der Waals surface area contributed by atoms with Crippen molar-refractivity contribution >= 4 is 39.2 Å². The van der Waals surface area contributed by atoms with Crippen LogP contribution in [0.1, 0.15) is 12.8 Å². The number of methoxy groups -OCH3 is 1. The summed E-state index contributed by atoms with van der Waals surface area (Å²) in [5.41, 5.74) is 0.943. The van der Waals surface area contributed by atoms with E-state index in [-0.39, 0.29) is 5.97 Å².